The molecule has 4 nitrogen and oxygen atoms in total. The highest BCUT2D eigenvalue weighted by atomic mass is 32.2. The number of nitrogens with zero attached hydrogens (tertiary/aromatic N) is 2. The first-order valence-corrected chi connectivity index (χ1v) is 6.87. The van der Waals surface area contributed by atoms with Crippen LogP contribution in [0.25, 0.3) is 0 Å². The van der Waals surface area contributed by atoms with Gasteiger partial charge < -0.3 is 5.11 Å². The first-order chi connectivity index (χ1) is 8.27. The number of carbonyl (C=O) groups is 1. The summed E-state index contributed by atoms with van der Waals surface area (Å²) in [4.78, 5) is 17.4. The average molecular weight is 252 g/mol. The number of aliphatic carboxylic acids is 1. The van der Waals surface area contributed by atoms with Crippen molar-refractivity contribution in [2.45, 2.75) is 12.5 Å². The zero-order chi connectivity index (χ0) is 12.1. The molecular weight excluding hydrogens is 236 g/mol. The van der Waals surface area contributed by atoms with Crippen molar-refractivity contribution >= 4 is 17.7 Å². The minimum absolute atomic E-state index is 0.336. The van der Waals surface area contributed by atoms with E-state index in [-0.39, 0.29) is 6.04 Å². The quantitative estimate of drug-likeness (QED) is 0.870. The number of hydrogen-bond acceptors (Lipinski definition) is 4. The molecule has 0 aliphatic carbocycles. The van der Waals surface area contributed by atoms with Crippen LogP contribution in [0.15, 0.2) is 24.4 Å². The van der Waals surface area contributed by atoms with Gasteiger partial charge in [-0.05, 0) is 12.1 Å². The Kier molecular flexibility index (Phi) is 4.39. The predicted octanol–water partition coefficient (Wildman–Crippen LogP) is 1.13. The molecule has 0 spiro atoms. The summed E-state index contributed by atoms with van der Waals surface area (Å²) in [5.41, 5.74) is 1.02. The molecule has 1 unspecified atom stereocenters. The van der Waals surface area contributed by atoms with Gasteiger partial charge in [-0.15, -0.1) is 0 Å². The van der Waals surface area contributed by atoms with E-state index in [0.29, 0.717) is 5.75 Å². The molecule has 1 aliphatic rings. The molecule has 2 heterocycles. The van der Waals surface area contributed by atoms with E-state index in [1.807, 2.05) is 23.1 Å². The smallest absolute Gasteiger partial charge is 0.321 e. The fourth-order valence-corrected chi connectivity index (χ4v) is 3.04. The zero-order valence-electron chi connectivity index (χ0n) is 9.58. The molecule has 5 heteroatoms. The molecule has 92 valence electrons. The number of hydrogen-bond donors (Lipinski definition) is 1. The van der Waals surface area contributed by atoms with Gasteiger partial charge >= 0.3 is 5.97 Å². The summed E-state index contributed by atoms with van der Waals surface area (Å²) < 4.78 is 0. The van der Waals surface area contributed by atoms with Crippen molar-refractivity contribution in [2.24, 2.45) is 0 Å². The molecule has 0 bridgehead atoms. The second-order valence-electron chi connectivity index (χ2n) is 4.04. The summed E-state index contributed by atoms with van der Waals surface area (Å²) in [5.74, 6) is 1.00. The number of thioether (sulfide) groups is 1. The molecular formula is C12H16N2O2S. The van der Waals surface area contributed by atoms with E-state index in [9.17, 15) is 4.79 Å². The Morgan fingerprint density at radius 1 is 1.59 bits per heavy atom. The summed E-state index contributed by atoms with van der Waals surface area (Å²) in [7, 11) is 0. The molecule has 2 rings (SSSR count). The summed E-state index contributed by atoms with van der Waals surface area (Å²) in [6.45, 7) is 1.63. The van der Waals surface area contributed by atoms with Crippen molar-refractivity contribution < 1.29 is 9.90 Å². The van der Waals surface area contributed by atoms with Gasteiger partial charge in [0.2, 0.25) is 0 Å². The minimum Gasteiger partial charge on any atom is -0.480 e. The molecule has 1 aromatic rings. The van der Waals surface area contributed by atoms with Gasteiger partial charge in [-0.25, -0.2) is 0 Å². The van der Waals surface area contributed by atoms with Gasteiger partial charge in [0.15, 0.2) is 0 Å². The van der Waals surface area contributed by atoms with Crippen molar-refractivity contribution in [3.63, 3.8) is 0 Å². The van der Waals surface area contributed by atoms with E-state index in [1.54, 1.807) is 18.0 Å². The monoisotopic (exact) mass is 252 g/mol. The number of carboxylic acid groups (broad SMARTS) is 1. The highest BCUT2D eigenvalue weighted by Gasteiger charge is 2.28. The van der Waals surface area contributed by atoms with Crippen LogP contribution >= 0.6 is 11.8 Å². The van der Waals surface area contributed by atoms with Gasteiger partial charge in [-0.1, -0.05) is 6.07 Å². The first-order valence-electron chi connectivity index (χ1n) is 5.72. The topological polar surface area (TPSA) is 53.4 Å². The third kappa shape index (κ3) is 3.44. The maximum atomic E-state index is 11.1. The third-order valence-electron chi connectivity index (χ3n) is 2.91. The summed E-state index contributed by atoms with van der Waals surface area (Å²) in [6.07, 6.45) is 2.59. The molecule has 1 fully saturated rings. The first kappa shape index (κ1) is 12.4. The molecule has 0 aromatic carbocycles. The zero-order valence-corrected chi connectivity index (χ0v) is 10.4. The predicted molar refractivity (Wildman–Crippen MR) is 68.3 cm³/mol. The Morgan fingerprint density at radius 3 is 3.18 bits per heavy atom. The van der Waals surface area contributed by atoms with Gasteiger partial charge in [0, 0.05) is 42.9 Å². The van der Waals surface area contributed by atoms with Crippen LogP contribution in [0.2, 0.25) is 0 Å². The number of rotatable bonds is 4. The lowest BCUT2D eigenvalue weighted by Gasteiger charge is -2.32. The van der Waals surface area contributed by atoms with E-state index in [2.05, 4.69) is 4.98 Å². The third-order valence-corrected chi connectivity index (χ3v) is 3.93. The van der Waals surface area contributed by atoms with E-state index >= 15 is 0 Å². The second-order valence-corrected chi connectivity index (χ2v) is 5.19. The van der Waals surface area contributed by atoms with E-state index < -0.39 is 5.97 Å². The Morgan fingerprint density at radius 2 is 2.47 bits per heavy atom. The van der Waals surface area contributed by atoms with Gasteiger partial charge in [0.05, 0.1) is 0 Å². The summed E-state index contributed by atoms with van der Waals surface area (Å²) in [5, 5.41) is 9.14. The lowest BCUT2D eigenvalue weighted by atomic mass is 10.2. The highest BCUT2D eigenvalue weighted by molar-refractivity contribution is 7.99. The normalized spacial score (nSPS) is 21.3. The number of aromatic nitrogens is 1. The Labute approximate surface area is 105 Å². The van der Waals surface area contributed by atoms with Crippen molar-refractivity contribution in [3.05, 3.63) is 30.1 Å². The Hall–Kier alpha value is -1.07. The maximum absolute atomic E-state index is 11.1. The van der Waals surface area contributed by atoms with Crippen LogP contribution in [-0.4, -0.2) is 51.6 Å². The molecule has 1 aromatic heterocycles. The number of pyridine rings is 1. The largest absolute Gasteiger partial charge is 0.480 e. The van der Waals surface area contributed by atoms with E-state index in [0.717, 1.165) is 31.0 Å². The van der Waals surface area contributed by atoms with Crippen molar-refractivity contribution in [3.8, 4) is 0 Å². The highest BCUT2D eigenvalue weighted by Crippen LogP contribution is 2.16. The molecule has 1 aliphatic heterocycles. The van der Waals surface area contributed by atoms with E-state index in [4.69, 9.17) is 5.11 Å². The molecule has 1 saturated heterocycles. The molecule has 0 amide bonds. The van der Waals surface area contributed by atoms with Crippen molar-refractivity contribution in [1.82, 2.24) is 9.88 Å². The summed E-state index contributed by atoms with van der Waals surface area (Å²) in [6, 6.07) is 5.50. The standard InChI is InChI=1S/C12H16N2O2S/c15-12(16)11-9-17-8-7-14(11)6-4-10-3-1-2-5-13-10/h1-3,5,11H,4,6-9H2,(H,15,16). The SMILES string of the molecule is O=C(O)C1CSCCN1CCc1ccccn1. The fraction of sp³-hybridized carbons (Fsp3) is 0.500. The van der Waals surface area contributed by atoms with Crippen LogP contribution < -0.4 is 0 Å². The van der Waals surface area contributed by atoms with Gasteiger partial charge in [0.25, 0.3) is 0 Å². The Bertz CT molecular complexity index is 372. The van der Waals surface area contributed by atoms with Gasteiger partial charge in [-0.2, -0.15) is 11.8 Å². The molecule has 1 N–H and O–H groups in total. The van der Waals surface area contributed by atoms with Crippen molar-refractivity contribution in [2.75, 3.05) is 24.6 Å². The maximum Gasteiger partial charge on any atom is 0.321 e. The molecule has 0 saturated carbocycles. The van der Waals surface area contributed by atoms with Crippen LogP contribution in [0.3, 0.4) is 0 Å². The fourth-order valence-electron chi connectivity index (χ4n) is 1.94. The minimum atomic E-state index is -0.710. The molecule has 0 radical (unpaired) electrons. The molecule has 1 atom stereocenters. The number of carboxylic acids is 1. The summed E-state index contributed by atoms with van der Waals surface area (Å²) >= 11 is 1.72. The lowest BCUT2D eigenvalue weighted by molar-refractivity contribution is -0.142. The van der Waals surface area contributed by atoms with Gasteiger partial charge in [-0.3, -0.25) is 14.7 Å². The van der Waals surface area contributed by atoms with Gasteiger partial charge in [0.1, 0.15) is 6.04 Å². The lowest BCUT2D eigenvalue weighted by Crippen LogP contribution is -2.48. The average Bonchev–Trinajstić information content (AvgIpc) is 2.38. The second kappa shape index (κ2) is 6.02. The van der Waals surface area contributed by atoms with Crippen LogP contribution in [0.1, 0.15) is 5.69 Å². The molecule has 17 heavy (non-hydrogen) atoms. The van der Waals surface area contributed by atoms with E-state index in [1.165, 1.54) is 0 Å². The van der Waals surface area contributed by atoms with Crippen molar-refractivity contribution in [1.29, 1.82) is 0 Å². The van der Waals surface area contributed by atoms with Crippen LogP contribution in [-0.2, 0) is 11.2 Å². The Balaban J connectivity index is 1.90. The van der Waals surface area contributed by atoms with Crippen LogP contribution in [0.4, 0.5) is 0 Å². The van der Waals surface area contributed by atoms with Crippen LogP contribution in [0, 0.1) is 0 Å². The van der Waals surface area contributed by atoms with Crippen LogP contribution in [0.5, 0.6) is 0 Å².